The molecule has 3 nitrogen and oxygen atoms in total. The topological polar surface area (TPSA) is 43.4 Å². The van der Waals surface area contributed by atoms with Crippen LogP contribution in [0.25, 0.3) is 0 Å². The van der Waals surface area contributed by atoms with Gasteiger partial charge < -0.3 is 4.74 Å². The smallest absolute Gasteiger partial charge is 0.220 e. The Balaban J connectivity index is 1.77. The Kier molecular flexibility index (Phi) is 3.84. The van der Waals surface area contributed by atoms with E-state index < -0.39 is 11.6 Å². The second kappa shape index (κ2) is 5.64. The van der Waals surface area contributed by atoms with Crippen molar-refractivity contribution in [2.75, 3.05) is 6.61 Å². The maximum absolute atomic E-state index is 14.3. The fourth-order valence-corrected chi connectivity index (χ4v) is 6.30. The molecule has 4 heteroatoms. The van der Waals surface area contributed by atoms with Crippen LogP contribution in [0.3, 0.4) is 0 Å². The summed E-state index contributed by atoms with van der Waals surface area (Å²) in [6, 6.07) is 0. The van der Waals surface area contributed by atoms with Crippen LogP contribution in [0.1, 0.15) is 46.5 Å². The molecule has 140 valence electrons. The van der Waals surface area contributed by atoms with Crippen LogP contribution in [0, 0.1) is 28.6 Å². The summed E-state index contributed by atoms with van der Waals surface area (Å²) in [6.07, 6.45) is 5.00. The average molecular weight is 358 g/mol. The zero-order chi connectivity index (χ0) is 18.9. The van der Waals surface area contributed by atoms with E-state index in [1.54, 1.807) is 6.08 Å². The first-order chi connectivity index (χ1) is 12.2. The van der Waals surface area contributed by atoms with Crippen molar-refractivity contribution in [1.82, 2.24) is 0 Å². The van der Waals surface area contributed by atoms with Gasteiger partial charge in [0.2, 0.25) is 5.78 Å². The van der Waals surface area contributed by atoms with Gasteiger partial charge in [-0.25, -0.2) is 4.39 Å². The van der Waals surface area contributed by atoms with Crippen LogP contribution in [0.4, 0.5) is 4.39 Å². The molecule has 4 rings (SSSR count). The molecule has 0 saturated heterocycles. The summed E-state index contributed by atoms with van der Waals surface area (Å²) in [5, 5.41) is 0. The predicted octanol–water partition coefficient (Wildman–Crippen LogP) is 4.34. The maximum Gasteiger partial charge on any atom is 0.220 e. The van der Waals surface area contributed by atoms with Crippen molar-refractivity contribution >= 4 is 11.6 Å². The number of carbonyl (C=O) groups excluding carboxylic acids is 2. The summed E-state index contributed by atoms with van der Waals surface area (Å²) < 4.78 is 19.9. The molecule has 4 aliphatic carbocycles. The number of allylic oxidation sites excluding steroid dienone is 4. The quantitative estimate of drug-likeness (QED) is 0.737. The van der Waals surface area contributed by atoms with E-state index in [0.717, 1.165) is 30.4 Å². The summed E-state index contributed by atoms with van der Waals surface area (Å²) in [4.78, 5) is 24.9. The molecule has 0 radical (unpaired) electrons. The van der Waals surface area contributed by atoms with Crippen molar-refractivity contribution in [3.63, 3.8) is 0 Å². The minimum atomic E-state index is -1.33. The normalized spacial score (nSPS) is 44.7. The van der Waals surface area contributed by atoms with Gasteiger partial charge >= 0.3 is 0 Å². The molecule has 0 aromatic rings. The van der Waals surface area contributed by atoms with E-state index in [2.05, 4.69) is 13.5 Å². The van der Waals surface area contributed by atoms with Crippen LogP contribution in [0.5, 0.6) is 0 Å². The van der Waals surface area contributed by atoms with E-state index in [1.165, 1.54) is 0 Å². The Hall–Kier alpha value is -1.71. The van der Waals surface area contributed by atoms with Gasteiger partial charge in [0.1, 0.15) is 0 Å². The first-order valence-corrected chi connectivity index (χ1v) is 9.71. The molecule has 0 spiro atoms. The van der Waals surface area contributed by atoms with E-state index >= 15 is 0 Å². The number of alkyl halides is 1. The summed E-state index contributed by atoms with van der Waals surface area (Å²) in [5.74, 6) is 0.660. The van der Waals surface area contributed by atoms with Crippen LogP contribution in [0.15, 0.2) is 35.6 Å². The minimum absolute atomic E-state index is 0.0560. The van der Waals surface area contributed by atoms with Crippen molar-refractivity contribution in [3.8, 4) is 0 Å². The Labute approximate surface area is 154 Å². The van der Waals surface area contributed by atoms with Gasteiger partial charge in [-0.2, -0.15) is 0 Å². The second-order valence-electron chi connectivity index (χ2n) is 8.85. The van der Waals surface area contributed by atoms with Gasteiger partial charge in [0.25, 0.3) is 0 Å². The molecular formula is C22H27FO3. The highest BCUT2D eigenvalue weighted by atomic mass is 19.1. The number of ketones is 2. The zero-order valence-electron chi connectivity index (χ0n) is 15.8. The molecule has 0 aromatic heterocycles. The number of ether oxygens (including phenoxy) is 1. The van der Waals surface area contributed by atoms with E-state index in [1.807, 2.05) is 19.9 Å². The van der Waals surface area contributed by atoms with E-state index in [-0.39, 0.29) is 34.7 Å². The number of halogens is 1. The Bertz CT molecular complexity index is 763. The van der Waals surface area contributed by atoms with Gasteiger partial charge in [0.15, 0.2) is 17.7 Å². The summed E-state index contributed by atoms with van der Waals surface area (Å²) in [5.41, 5.74) is 1.07. The summed E-state index contributed by atoms with van der Waals surface area (Å²) >= 11 is 0. The standard InChI is InChI=1S/C22H27FO3/c1-5-26-19-11-22(4)14-6-7-21(3)16(9-17(23)20(21)25)13(14)8-12(2)15(22)10-18(19)24/h10-11,13-14,16-17H,2,5-9H2,1,3-4H3/t13-,14+,16+,17+,21+,22-/m1/s1. The third-order valence-corrected chi connectivity index (χ3v) is 7.60. The Morgan fingerprint density at radius 2 is 2.04 bits per heavy atom. The third kappa shape index (κ3) is 2.17. The van der Waals surface area contributed by atoms with Crippen LogP contribution in [-0.2, 0) is 14.3 Å². The minimum Gasteiger partial charge on any atom is -0.490 e. The zero-order valence-corrected chi connectivity index (χ0v) is 15.8. The van der Waals surface area contributed by atoms with Gasteiger partial charge in [-0.3, -0.25) is 9.59 Å². The highest BCUT2D eigenvalue weighted by molar-refractivity contribution is 6.05. The molecular weight excluding hydrogens is 331 g/mol. The molecule has 0 N–H and O–H groups in total. The number of rotatable bonds is 2. The third-order valence-electron chi connectivity index (χ3n) is 7.60. The molecule has 4 aliphatic rings. The average Bonchev–Trinajstić information content (AvgIpc) is 2.81. The van der Waals surface area contributed by atoms with Crippen LogP contribution >= 0.6 is 0 Å². The summed E-state index contributed by atoms with van der Waals surface area (Å²) in [6.45, 7) is 10.7. The lowest BCUT2D eigenvalue weighted by atomic mass is 9.47. The number of hydrogen-bond donors (Lipinski definition) is 0. The van der Waals surface area contributed by atoms with Crippen molar-refractivity contribution in [2.24, 2.45) is 28.6 Å². The molecule has 0 amide bonds. The van der Waals surface area contributed by atoms with Gasteiger partial charge in [0, 0.05) is 10.8 Å². The number of fused-ring (bicyclic) bond motifs is 5. The van der Waals surface area contributed by atoms with Crippen molar-refractivity contribution in [3.05, 3.63) is 35.6 Å². The number of carbonyl (C=O) groups is 2. The molecule has 26 heavy (non-hydrogen) atoms. The van der Waals surface area contributed by atoms with Crippen molar-refractivity contribution in [2.45, 2.75) is 52.6 Å². The first-order valence-electron chi connectivity index (χ1n) is 9.71. The fourth-order valence-electron chi connectivity index (χ4n) is 6.30. The number of hydrogen-bond acceptors (Lipinski definition) is 3. The monoisotopic (exact) mass is 358 g/mol. The lowest BCUT2D eigenvalue weighted by molar-refractivity contribution is -0.134. The molecule has 0 bridgehead atoms. The molecule has 0 aliphatic heterocycles. The highest BCUT2D eigenvalue weighted by Gasteiger charge is 2.62. The molecule has 0 unspecified atom stereocenters. The van der Waals surface area contributed by atoms with Crippen LogP contribution in [-0.4, -0.2) is 24.3 Å². The largest absolute Gasteiger partial charge is 0.490 e. The second-order valence-corrected chi connectivity index (χ2v) is 8.85. The maximum atomic E-state index is 14.3. The molecule has 0 heterocycles. The Morgan fingerprint density at radius 1 is 1.31 bits per heavy atom. The number of Topliss-reactive ketones (excluding diaryl/α,β-unsaturated/α-hetero) is 1. The van der Waals surface area contributed by atoms with Gasteiger partial charge in [-0.15, -0.1) is 0 Å². The molecule has 3 fully saturated rings. The highest BCUT2D eigenvalue weighted by Crippen LogP contribution is 2.64. The lowest BCUT2D eigenvalue weighted by Crippen LogP contribution is -2.50. The van der Waals surface area contributed by atoms with Crippen LogP contribution < -0.4 is 0 Å². The van der Waals surface area contributed by atoms with Gasteiger partial charge in [-0.1, -0.05) is 26.0 Å². The van der Waals surface area contributed by atoms with Gasteiger partial charge in [-0.05, 0) is 68.1 Å². The summed E-state index contributed by atoms with van der Waals surface area (Å²) in [7, 11) is 0. The molecule has 6 atom stereocenters. The first kappa shape index (κ1) is 17.7. The lowest BCUT2D eigenvalue weighted by Gasteiger charge is -2.56. The van der Waals surface area contributed by atoms with E-state index in [4.69, 9.17) is 4.74 Å². The van der Waals surface area contributed by atoms with Crippen molar-refractivity contribution in [1.29, 1.82) is 0 Å². The fraction of sp³-hybridized carbons (Fsp3) is 0.636. The van der Waals surface area contributed by atoms with Gasteiger partial charge in [0.05, 0.1) is 6.61 Å². The van der Waals surface area contributed by atoms with E-state index in [9.17, 15) is 14.0 Å². The predicted molar refractivity (Wildman–Crippen MR) is 97.0 cm³/mol. The SMILES string of the molecule is C=C1C[C@@H]2[C@H](CC[C@]3(C)C(=O)[C@@H](F)C[C@@H]23)[C@@]2(C)C=C(OCC)C(=O)C=C12. The van der Waals surface area contributed by atoms with Crippen LogP contribution in [0.2, 0.25) is 0 Å². The van der Waals surface area contributed by atoms with Crippen molar-refractivity contribution < 1.29 is 18.7 Å². The van der Waals surface area contributed by atoms with E-state index in [0.29, 0.717) is 18.8 Å². The Morgan fingerprint density at radius 3 is 2.73 bits per heavy atom. The molecule has 0 aromatic carbocycles. The molecule has 3 saturated carbocycles.